The maximum absolute atomic E-state index is 11.8. The van der Waals surface area contributed by atoms with Gasteiger partial charge in [0.15, 0.2) is 11.5 Å². The zero-order valence-corrected chi connectivity index (χ0v) is 10.4. The van der Waals surface area contributed by atoms with Gasteiger partial charge in [0.2, 0.25) is 0 Å². The summed E-state index contributed by atoms with van der Waals surface area (Å²) in [5.74, 6) is -0.644. The van der Waals surface area contributed by atoms with Crippen LogP contribution in [0.1, 0.15) is 30.1 Å². The molecule has 0 saturated heterocycles. The highest BCUT2D eigenvalue weighted by Crippen LogP contribution is 2.28. The Balaban J connectivity index is 2.79. The number of rotatable bonds is 5. The van der Waals surface area contributed by atoms with E-state index in [1.165, 1.54) is 18.2 Å². The lowest BCUT2D eigenvalue weighted by Crippen LogP contribution is -2.34. The lowest BCUT2D eigenvalue weighted by molar-refractivity contribution is 0.0931. The number of nitrogens with one attached hydrogen (secondary N) is 1. The monoisotopic (exact) mass is 257 g/mol. The number of aromatic hydroxyl groups is 2. The van der Waals surface area contributed by atoms with Crippen LogP contribution in [0.2, 0.25) is 0 Å². The Morgan fingerprint density at radius 3 is 2.76 bits per heavy atom. The Morgan fingerprint density at radius 2 is 2.18 bits per heavy atom. The van der Waals surface area contributed by atoms with Crippen LogP contribution in [0.4, 0.5) is 0 Å². The van der Waals surface area contributed by atoms with E-state index in [1.807, 2.05) is 6.92 Å². The number of benzene rings is 1. The second kappa shape index (κ2) is 6.35. The van der Waals surface area contributed by atoms with Crippen molar-refractivity contribution in [2.24, 2.45) is 0 Å². The zero-order chi connectivity index (χ0) is 12.8. The molecule has 1 atom stereocenters. The van der Waals surface area contributed by atoms with Crippen molar-refractivity contribution in [3.05, 3.63) is 23.8 Å². The summed E-state index contributed by atoms with van der Waals surface area (Å²) < 4.78 is 0. The standard InChI is InChI=1S/C12H16ClNO3/c1-2-8(6-7-13)14-12(17)9-4-3-5-10(15)11(9)16/h3-5,8,15-16H,2,6-7H2,1H3,(H,14,17). The van der Waals surface area contributed by atoms with Crippen molar-refractivity contribution in [3.8, 4) is 11.5 Å². The van der Waals surface area contributed by atoms with Crippen LogP contribution in [-0.4, -0.2) is 28.0 Å². The van der Waals surface area contributed by atoms with Crippen LogP contribution in [0.25, 0.3) is 0 Å². The van der Waals surface area contributed by atoms with Crippen molar-refractivity contribution >= 4 is 17.5 Å². The summed E-state index contributed by atoms with van der Waals surface area (Å²) in [6, 6.07) is 4.26. The summed E-state index contributed by atoms with van der Waals surface area (Å²) in [4.78, 5) is 11.8. The fraction of sp³-hybridized carbons (Fsp3) is 0.417. The molecular formula is C12H16ClNO3. The topological polar surface area (TPSA) is 69.6 Å². The van der Waals surface area contributed by atoms with E-state index < -0.39 is 11.7 Å². The molecule has 0 heterocycles. The Morgan fingerprint density at radius 1 is 1.47 bits per heavy atom. The Labute approximate surface area is 105 Å². The summed E-state index contributed by atoms with van der Waals surface area (Å²) >= 11 is 5.62. The summed E-state index contributed by atoms with van der Waals surface area (Å²) in [5, 5.41) is 21.6. The fourth-order valence-corrected chi connectivity index (χ4v) is 1.75. The summed E-state index contributed by atoms with van der Waals surface area (Å²) in [6.45, 7) is 1.94. The van der Waals surface area contributed by atoms with Gasteiger partial charge in [-0.15, -0.1) is 11.6 Å². The Hall–Kier alpha value is -1.42. The summed E-state index contributed by atoms with van der Waals surface area (Å²) in [6.07, 6.45) is 1.43. The summed E-state index contributed by atoms with van der Waals surface area (Å²) in [5.41, 5.74) is 0.0676. The lowest BCUT2D eigenvalue weighted by Gasteiger charge is -2.16. The van der Waals surface area contributed by atoms with Crippen LogP contribution in [0.15, 0.2) is 18.2 Å². The zero-order valence-electron chi connectivity index (χ0n) is 9.61. The normalized spacial score (nSPS) is 12.1. The van der Waals surface area contributed by atoms with Gasteiger partial charge in [-0.2, -0.15) is 0 Å². The number of phenols is 2. The minimum atomic E-state index is -0.407. The lowest BCUT2D eigenvalue weighted by atomic mass is 10.1. The molecule has 1 aromatic carbocycles. The number of para-hydroxylation sites is 1. The molecule has 1 amide bonds. The van der Waals surface area contributed by atoms with Gasteiger partial charge in [0.25, 0.3) is 5.91 Å². The molecule has 0 aliphatic rings. The highest BCUT2D eigenvalue weighted by molar-refractivity contribution is 6.17. The van der Waals surface area contributed by atoms with E-state index in [9.17, 15) is 15.0 Å². The predicted octanol–water partition coefficient (Wildman–Crippen LogP) is 2.24. The first kappa shape index (κ1) is 13.6. The van der Waals surface area contributed by atoms with Crippen LogP contribution in [-0.2, 0) is 0 Å². The molecular weight excluding hydrogens is 242 g/mol. The molecule has 0 aliphatic heterocycles. The number of hydrogen-bond donors (Lipinski definition) is 3. The van der Waals surface area contributed by atoms with Gasteiger partial charge in [-0.25, -0.2) is 0 Å². The highest BCUT2D eigenvalue weighted by atomic mass is 35.5. The smallest absolute Gasteiger partial charge is 0.255 e. The largest absolute Gasteiger partial charge is 0.504 e. The van der Waals surface area contributed by atoms with E-state index in [-0.39, 0.29) is 17.4 Å². The van der Waals surface area contributed by atoms with Crippen molar-refractivity contribution < 1.29 is 15.0 Å². The minimum Gasteiger partial charge on any atom is -0.504 e. The van der Waals surface area contributed by atoms with E-state index in [4.69, 9.17) is 11.6 Å². The van der Waals surface area contributed by atoms with Crippen molar-refractivity contribution in [1.82, 2.24) is 5.32 Å². The van der Waals surface area contributed by atoms with Crippen LogP contribution >= 0.6 is 11.6 Å². The number of amides is 1. The quantitative estimate of drug-likeness (QED) is 0.560. The van der Waals surface area contributed by atoms with Crippen molar-refractivity contribution in [2.75, 3.05) is 5.88 Å². The van der Waals surface area contributed by atoms with Gasteiger partial charge in [-0.1, -0.05) is 13.0 Å². The number of carbonyl (C=O) groups is 1. The number of carbonyl (C=O) groups excluding carboxylic acids is 1. The molecule has 0 spiro atoms. The average Bonchev–Trinajstić information content (AvgIpc) is 2.31. The van der Waals surface area contributed by atoms with Gasteiger partial charge in [0, 0.05) is 11.9 Å². The third-order valence-electron chi connectivity index (χ3n) is 2.54. The molecule has 4 nitrogen and oxygen atoms in total. The Bertz CT molecular complexity index is 395. The third kappa shape index (κ3) is 3.53. The second-order valence-electron chi connectivity index (χ2n) is 3.73. The molecule has 0 aromatic heterocycles. The fourth-order valence-electron chi connectivity index (χ4n) is 1.49. The van der Waals surface area contributed by atoms with Gasteiger partial charge in [0.1, 0.15) is 0 Å². The van der Waals surface area contributed by atoms with Crippen LogP contribution in [0, 0.1) is 0 Å². The number of hydrogen-bond acceptors (Lipinski definition) is 3. The SMILES string of the molecule is CCC(CCCl)NC(=O)c1cccc(O)c1O. The average molecular weight is 258 g/mol. The van der Waals surface area contributed by atoms with E-state index in [0.29, 0.717) is 12.3 Å². The molecule has 3 N–H and O–H groups in total. The minimum absolute atomic E-state index is 0.0262. The van der Waals surface area contributed by atoms with Gasteiger partial charge in [-0.3, -0.25) is 4.79 Å². The van der Waals surface area contributed by atoms with Gasteiger partial charge < -0.3 is 15.5 Å². The van der Waals surface area contributed by atoms with E-state index in [2.05, 4.69) is 5.32 Å². The molecule has 1 aromatic rings. The van der Waals surface area contributed by atoms with Crippen molar-refractivity contribution in [3.63, 3.8) is 0 Å². The molecule has 1 unspecified atom stereocenters. The molecule has 0 fully saturated rings. The van der Waals surface area contributed by atoms with E-state index >= 15 is 0 Å². The first-order valence-corrected chi connectivity index (χ1v) is 6.01. The first-order chi connectivity index (χ1) is 8.10. The molecule has 17 heavy (non-hydrogen) atoms. The molecule has 0 radical (unpaired) electrons. The second-order valence-corrected chi connectivity index (χ2v) is 4.11. The molecule has 0 bridgehead atoms. The maximum atomic E-state index is 11.8. The Kier molecular flexibility index (Phi) is 5.10. The molecule has 1 rings (SSSR count). The molecule has 0 aliphatic carbocycles. The number of halogens is 1. The van der Waals surface area contributed by atoms with E-state index in [1.54, 1.807) is 0 Å². The highest BCUT2D eigenvalue weighted by Gasteiger charge is 2.16. The van der Waals surface area contributed by atoms with Crippen LogP contribution in [0.3, 0.4) is 0 Å². The van der Waals surface area contributed by atoms with Gasteiger partial charge >= 0.3 is 0 Å². The van der Waals surface area contributed by atoms with Crippen molar-refractivity contribution in [2.45, 2.75) is 25.8 Å². The molecule has 0 saturated carbocycles. The van der Waals surface area contributed by atoms with Gasteiger partial charge in [-0.05, 0) is 25.0 Å². The molecule has 5 heteroatoms. The first-order valence-electron chi connectivity index (χ1n) is 5.47. The van der Waals surface area contributed by atoms with Crippen LogP contribution in [0.5, 0.6) is 11.5 Å². The van der Waals surface area contributed by atoms with E-state index in [0.717, 1.165) is 6.42 Å². The van der Waals surface area contributed by atoms with Gasteiger partial charge in [0.05, 0.1) is 5.56 Å². The summed E-state index contributed by atoms with van der Waals surface area (Å²) in [7, 11) is 0. The number of phenolic OH excluding ortho intramolecular Hbond substituents is 2. The predicted molar refractivity (Wildman–Crippen MR) is 66.7 cm³/mol. The maximum Gasteiger partial charge on any atom is 0.255 e. The van der Waals surface area contributed by atoms with Crippen LogP contribution < -0.4 is 5.32 Å². The molecule has 94 valence electrons. The van der Waals surface area contributed by atoms with Crippen molar-refractivity contribution in [1.29, 1.82) is 0 Å². The number of alkyl halides is 1. The third-order valence-corrected chi connectivity index (χ3v) is 2.76.